The molecule has 0 radical (unpaired) electrons. The third-order valence-electron chi connectivity index (χ3n) is 3.58. The molecule has 0 fully saturated rings. The molecule has 7 heteroatoms. The van der Waals surface area contributed by atoms with Gasteiger partial charge < -0.3 is 15.0 Å². The molecular weight excluding hydrogens is 408 g/mol. The first-order valence-corrected chi connectivity index (χ1v) is 8.68. The number of rotatable bonds is 6. The van der Waals surface area contributed by atoms with Gasteiger partial charge in [0.15, 0.2) is 0 Å². The van der Waals surface area contributed by atoms with Crippen molar-refractivity contribution in [3.05, 3.63) is 63.1 Å². The van der Waals surface area contributed by atoms with Crippen molar-refractivity contribution in [3.63, 3.8) is 0 Å². The number of nitrogens with one attached hydrogen (secondary N) is 1. The van der Waals surface area contributed by atoms with Gasteiger partial charge in [0.2, 0.25) is 5.91 Å². The Morgan fingerprint density at radius 2 is 1.88 bits per heavy atom. The van der Waals surface area contributed by atoms with Crippen LogP contribution in [0.15, 0.2) is 46.9 Å². The van der Waals surface area contributed by atoms with Crippen LogP contribution in [-0.4, -0.2) is 37.4 Å². The second kappa shape index (κ2) is 8.87. The summed E-state index contributed by atoms with van der Waals surface area (Å²) < 4.78 is 6.16. The summed E-state index contributed by atoms with van der Waals surface area (Å²) >= 11 is 9.31. The first kappa shape index (κ1) is 19.3. The number of methoxy groups -OCH3 is 1. The standard InChI is InChI=1S/C18H18BrClN2O3/c1-22(11-13-9-15(20)7-8-16(13)25-2)17(23)10-21-18(24)12-3-5-14(19)6-4-12/h3-9H,10-11H2,1-2H3,(H,21,24). The smallest absolute Gasteiger partial charge is 0.251 e. The minimum atomic E-state index is -0.297. The van der Waals surface area contributed by atoms with Crippen molar-refractivity contribution in [1.82, 2.24) is 10.2 Å². The Hall–Kier alpha value is -2.05. The van der Waals surface area contributed by atoms with Crippen LogP contribution < -0.4 is 10.1 Å². The third kappa shape index (κ3) is 5.47. The van der Waals surface area contributed by atoms with Crippen molar-refractivity contribution in [2.24, 2.45) is 0 Å². The summed E-state index contributed by atoms with van der Waals surface area (Å²) in [5, 5.41) is 3.19. The molecule has 0 aliphatic heterocycles. The van der Waals surface area contributed by atoms with E-state index in [1.54, 1.807) is 56.6 Å². The van der Waals surface area contributed by atoms with Gasteiger partial charge in [0.1, 0.15) is 5.75 Å². The van der Waals surface area contributed by atoms with E-state index in [4.69, 9.17) is 16.3 Å². The summed E-state index contributed by atoms with van der Waals surface area (Å²) in [6.45, 7) is 0.241. The number of halogens is 2. The van der Waals surface area contributed by atoms with Crippen molar-refractivity contribution >= 4 is 39.3 Å². The molecule has 0 unspecified atom stereocenters. The highest BCUT2D eigenvalue weighted by molar-refractivity contribution is 9.10. The number of likely N-dealkylation sites (N-methyl/N-ethyl adjacent to an activating group) is 1. The van der Waals surface area contributed by atoms with Crippen LogP contribution in [0.1, 0.15) is 15.9 Å². The lowest BCUT2D eigenvalue weighted by Gasteiger charge is -2.19. The summed E-state index contributed by atoms with van der Waals surface area (Å²) in [4.78, 5) is 25.8. The van der Waals surface area contributed by atoms with E-state index in [-0.39, 0.29) is 18.4 Å². The molecule has 2 amide bonds. The van der Waals surface area contributed by atoms with Crippen LogP contribution in [0.2, 0.25) is 5.02 Å². The van der Waals surface area contributed by atoms with Crippen LogP contribution in [0.5, 0.6) is 5.75 Å². The lowest BCUT2D eigenvalue weighted by molar-refractivity contribution is -0.129. The first-order valence-electron chi connectivity index (χ1n) is 7.51. The van der Waals surface area contributed by atoms with Gasteiger partial charge in [-0.15, -0.1) is 0 Å². The van der Waals surface area contributed by atoms with Gasteiger partial charge >= 0.3 is 0 Å². The average molecular weight is 426 g/mol. The molecule has 1 N–H and O–H groups in total. The van der Waals surface area contributed by atoms with E-state index in [2.05, 4.69) is 21.2 Å². The number of carbonyl (C=O) groups excluding carboxylic acids is 2. The lowest BCUT2D eigenvalue weighted by atomic mass is 10.2. The fraction of sp³-hybridized carbons (Fsp3) is 0.222. The molecule has 2 aromatic rings. The normalized spacial score (nSPS) is 10.2. The van der Waals surface area contributed by atoms with E-state index in [1.165, 1.54) is 4.90 Å². The van der Waals surface area contributed by atoms with E-state index >= 15 is 0 Å². The van der Waals surface area contributed by atoms with Crippen molar-refractivity contribution in [3.8, 4) is 5.75 Å². The average Bonchev–Trinajstić information content (AvgIpc) is 2.60. The summed E-state index contributed by atoms with van der Waals surface area (Å²) in [6.07, 6.45) is 0. The fourth-order valence-corrected chi connectivity index (χ4v) is 2.67. The van der Waals surface area contributed by atoms with Crippen LogP contribution >= 0.6 is 27.5 Å². The first-order chi connectivity index (χ1) is 11.9. The molecule has 0 saturated carbocycles. The van der Waals surface area contributed by atoms with Crippen LogP contribution in [0, 0.1) is 0 Å². The minimum Gasteiger partial charge on any atom is -0.496 e. The zero-order valence-electron chi connectivity index (χ0n) is 13.9. The Morgan fingerprint density at radius 1 is 1.20 bits per heavy atom. The van der Waals surface area contributed by atoms with E-state index in [0.29, 0.717) is 22.9 Å². The fourth-order valence-electron chi connectivity index (χ4n) is 2.21. The number of hydrogen-bond donors (Lipinski definition) is 1. The zero-order valence-corrected chi connectivity index (χ0v) is 16.2. The number of nitrogens with zero attached hydrogens (tertiary/aromatic N) is 1. The monoisotopic (exact) mass is 424 g/mol. The molecule has 0 aliphatic carbocycles. The van der Waals surface area contributed by atoms with Gasteiger partial charge in [0.25, 0.3) is 5.91 Å². The number of amides is 2. The van der Waals surface area contributed by atoms with Gasteiger partial charge in [-0.25, -0.2) is 0 Å². The molecular formula is C18H18BrClN2O3. The zero-order chi connectivity index (χ0) is 18.4. The van der Waals surface area contributed by atoms with Crippen molar-refractivity contribution in [1.29, 1.82) is 0 Å². The predicted octanol–water partition coefficient (Wildman–Crippen LogP) is 3.50. The number of hydrogen-bond acceptors (Lipinski definition) is 3. The number of benzene rings is 2. The maximum absolute atomic E-state index is 12.3. The van der Waals surface area contributed by atoms with E-state index < -0.39 is 0 Å². The van der Waals surface area contributed by atoms with Gasteiger partial charge in [0.05, 0.1) is 13.7 Å². The Balaban J connectivity index is 1.93. The number of ether oxygens (including phenoxy) is 1. The van der Waals surface area contributed by atoms with Crippen molar-refractivity contribution in [2.45, 2.75) is 6.54 Å². The van der Waals surface area contributed by atoms with Crippen LogP contribution in [0.4, 0.5) is 0 Å². The second-order valence-corrected chi connectivity index (χ2v) is 6.75. The summed E-state index contributed by atoms with van der Waals surface area (Å²) in [6, 6.07) is 12.2. The molecule has 25 heavy (non-hydrogen) atoms. The maximum Gasteiger partial charge on any atom is 0.251 e. The molecule has 132 valence electrons. The van der Waals surface area contributed by atoms with E-state index in [0.717, 1.165) is 10.0 Å². The molecule has 0 atom stereocenters. The quantitative estimate of drug-likeness (QED) is 0.770. The third-order valence-corrected chi connectivity index (χ3v) is 4.35. The van der Waals surface area contributed by atoms with Crippen molar-refractivity contribution in [2.75, 3.05) is 20.7 Å². The van der Waals surface area contributed by atoms with Gasteiger partial charge in [-0.2, -0.15) is 0 Å². The summed E-state index contributed by atoms with van der Waals surface area (Å²) in [5.74, 6) is 0.144. The Labute approximate surface area is 160 Å². The molecule has 2 aromatic carbocycles. The molecule has 0 spiro atoms. The molecule has 2 rings (SSSR count). The topological polar surface area (TPSA) is 58.6 Å². The van der Waals surface area contributed by atoms with Crippen LogP contribution in [-0.2, 0) is 11.3 Å². The SMILES string of the molecule is COc1ccc(Cl)cc1CN(C)C(=O)CNC(=O)c1ccc(Br)cc1. The Bertz CT molecular complexity index is 765. The van der Waals surface area contributed by atoms with E-state index in [9.17, 15) is 9.59 Å². The Kier molecular flexibility index (Phi) is 6.84. The van der Waals surface area contributed by atoms with Crippen molar-refractivity contribution < 1.29 is 14.3 Å². The van der Waals surface area contributed by atoms with Crippen LogP contribution in [0.25, 0.3) is 0 Å². The Morgan fingerprint density at radius 3 is 2.52 bits per heavy atom. The predicted molar refractivity (Wildman–Crippen MR) is 101 cm³/mol. The summed E-state index contributed by atoms with van der Waals surface area (Å²) in [7, 11) is 3.22. The molecule has 0 bridgehead atoms. The molecule has 0 aliphatic rings. The molecule has 0 heterocycles. The molecule has 5 nitrogen and oxygen atoms in total. The minimum absolute atomic E-state index is 0.0890. The van der Waals surface area contributed by atoms with Gasteiger partial charge in [0, 0.05) is 34.2 Å². The second-order valence-electron chi connectivity index (χ2n) is 5.40. The lowest BCUT2D eigenvalue weighted by Crippen LogP contribution is -2.37. The van der Waals surface area contributed by atoms with Gasteiger partial charge in [-0.3, -0.25) is 9.59 Å². The highest BCUT2D eigenvalue weighted by atomic mass is 79.9. The maximum atomic E-state index is 12.3. The van der Waals surface area contributed by atoms with Gasteiger partial charge in [-0.1, -0.05) is 27.5 Å². The highest BCUT2D eigenvalue weighted by Gasteiger charge is 2.14. The summed E-state index contributed by atoms with van der Waals surface area (Å²) in [5.41, 5.74) is 1.29. The molecule has 0 aromatic heterocycles. The number of carbonyl (C=O) groups is 2. The highest BCUT2D eigenvalue weighted by Crippen LogP contribution is 2.23. The molecule has 0 saturated heterocycles. The van der Waals surface area contributed by atoms with Crippen LogP contribution in [0.3, 0.4) is 0 Å². The largest absolute Gasteiger partial charge is 0.496 e. The van der Waals surface area contributed by atoms with E-state index in [1.807, 2.05) is 0 Å². The van der Waals surface area contributed by atoms with Gasteiger partial charge in [-0.05, 0) is 42.5 Å².